The predicted molar refractivity (Wildman–Crippen MR) is 78.0 cm³/mol. The maximum atomic E-state index is 3.76. The molecule has 0 aromatic heterocycles. The van der Waals surface area contributed by atoms with E-state index in [1.807, 2.05) is 0 Å². The topological polar surface area (TPSA) is 18.5 Å². The van der Waals surface area contributed by atoms with Gasteiger partial charge in [0, 0.05) is 18.6 Å². The Kier molecular flexibility index (Phi) is 5.05. The number of nitrogens with one attached hydrogen (secondary N) is 1. The van der Waals surface area contributed by atoms with Crippen molar-refractivity contribution in [2.75, 3.05) is 46.8 Å². The highest BCUT2D eigenvalue weighted by Crippen LogP contribution is 2.26. The highest BCUT2D eigenvalue weighted by Gasteiger charge is 2.34. The van der Waals surface area contributed by atoms with Crippen LogP contribution in [0.2, 0.25) is 0 Å². The fraction of sp³-hybridized carbons (Fsp3) is 1.00. The minimum absolute atomic E-state index is 0.439. The van der Waals surface area contributed by atoms with E-state index in [1.165, 1.54) is 64.8 Å². The van der Waals surface area contributed by atoms with Crippen LogP contribution in [0.1, 0.15) is 39.0 Å². The summed E-state index contributed by atoms with van der Waals surface area (Å²) in [5.41, 5.74) is 0.439. The van der Waals surface area contributed by atoms with Crippen molar-refractivity contribution in [1.82, 2.24) is 15.1 Å². The van der Waals surface area contributed by atoms with E-state index < -0.39 is 0 Å². The van der Waals surface area contributed by atoms with Gasteiger partial charge >= 0.3 is 0 Å². The molecule has 0 saturated carbocycles. The number of likely N-dealkylation sites (tertiary alicyclic amines) is 1. The van der Waals surface area contributed by atoms with Crippen molar-refractivity contribution < 1.29 is 0 Å². The summed E-state index contributed by atoms with van der Waals surface area (Å²) in [6, 6.07) is 0. The number of rotatable bonds is 5. The van der Waals surface area contributed by atoms with E-state index >= 15 is 0 Å². The van der Waals surface area contributed by atoms with Crippen molar-refractivity contribution in [1.29, 1.82) is 0 Å². The van der Waals surface area contributed by atoms with E-state index in [0.717, 1.165) is 5.92 Å². The molecular formula is C15H31N3. The van der Waals surface area contributed by atoms with Gasteiger partial charge in [0.2, 0.25) is 0 Å². The SMILES string of the molecule is CCC1(CN2CCC(CN(C)C)CC2)CCCN1. The third kappa shape index (κ3) is 3.69. The summed E-state index contributed by atoms with van der Waals surface area (Å²) in [5.74, 6) is 0.922. The van der Waals surface area contributed by atoms with Gasteiger partial charge in [-0.2, -0.15) is 0 Å². The first-order chi connectivity index (χ1) is 8.63. The monoisotopic (exact) mass is 253 g/mol. The fourth-order valence-corrected chi connectivity index (χ4v) is 3.69. The average Bonchev–Trinajstić information content (AvgIpc) is 2.80. The van der Waals surface area contributed by atoms with E-state index in [2.05, 4.69) is 36.1 Å². The Bertz CT molecular complexity index is 238. The lowest BCUT2D eigenvalue weighted by Gasteiger charge is -2.39. The molecule has 3 nitrogen and oxygen atoms in total. The van der Waals surface area contributed by atoms with Gasteiger partial charge in [0.25, 0.3) is 0 Å². The van der Waals surface area contributed by atoms with Crippen molar-refractivity contribution in [2.45, 2.75) is 44.6 Å². The van der Waals surface area contributed by atoms with Crippen LogP contribution in [0.5, 0.6) is 0 Å². The number of nitrogens with zero attached hydrogens (tertiary/aromatic N) is 2. The highest BCUT2D eigenvalue weighted by molar-refractivity contribution is 4.95. The Morgan fingerprint density at radius 3 is 2.50 bits per heavy atom. The van der Waals surface area contributed by atoms with Crippen molar-refractivity contribution in [3.63, 3.8) is 0 Å². The second-order valence-electron chi connectivity index (χ2n) is 6.65. The molecule has 2 fully saturated rings. The molecule has 1 atom stereocenters. The van der Waals surface area contributed by atoms with Crippen LogP contribution in [0.4, 0.5) is 0 Å². The molecule has 1 N–H and O–H groups in total. The maximum Gasteiger partial charge on any atom is 0.0306 e. The number of hydrogen-bond donors (Lipinski definition) is 1. The Balaban J connectivity index is 1.76. The lowest BCUT2D eigenvalue weighted by molar-refractivity contribution is 0.125. The Morgan fingerprint density at radius 2 is 2.00 bits per heavy atom. The lowest BCUT2D eigenvalue weighted by atomic mass is 9.90. The molecule has 2 aliphatic rings. The van der Waals surface area contributed by atoms with Gasteiger partial charge in [0.05, 0.1) is 0 Å². The van der Waals surface area contributed by atoms with Crippen LogP contribution in [0.15, 0.2) is 0 Å². The molecule has 0 aromatic carbocycles. The van der Waals surface area contributed by atoms with Crippen LogP contribution in [-0.2, 0) is 0 Å². The third-order valence-electron chi connectivity index (χ3n) is 4.87. The fourth-order valence-electron chi connectivity index (χ4n) is 3.69. The largest absolute Gasteiger partial charge is 0.310 e. The predicted octanol–water partition coefficient (Wildman–Crippen LogP) is 1.79. The zero-order valence-electron chi connectivity index (χ0n) is 12.5. The molecule has 0 spiro atoms. The van der Waals surface area contributed by atoms with E-state index in [-0.39, 0.29) is 0 Å². The molecule has 2 aliphatic heterocycles. The third-order valence-corrected chi connectivity index (χ3v) is 4.87. The van der Waals surface area contributed by atoms with Gasteiger partial charge < -0.3 is 15.1 Å². The van der Waals surface area contributed by atoms with Crippen LogP contribution in [0.3, 0.4) is 0 Å². The zero-order chi connectivity index (χ0) is 13.0. The molecule has 1 unspecified atom stereocenters. The summed E-state index contributed by atoms with van der Waals surface area (Å²) >= 11 is 0. The van der Waals surface area contributed by atoms with Gasteiger partial charge in [-0.15, -0.1) is 0 Å². The molecule has 0 aliphatic carbocycles. The van der Waals surface area contributed by atoms with E-state index in [0.29, 0.717) is 5.54 Å². The molecule has 106 valence electrons. The van der Waals surface area contributed by atoms with Crippen LogP contribution in [-0.4, -0.2) is 62.2 Å². The molecule has 0 amide bonds. The Hall–Kier alpha value is -0.120. The van der Waals surface area contributed by atoms with Crippen LogP contribution < -0.4 is 5.32 Å². The minimum Gasteiger partial charge on any atom is -0.310 e. The smallest absolute Gasteiger partial charge is 0.0306 e. The van der Waals surface area contributed by atoms with Crippen molar-refractivity contribution in [3.05, 3.63) is 0 Å². The minimum atomic E-state index is 0.439. The van der Waals surface area contributed by atoms with Gasteiger partial charge in [0.1, 0.15) is 0 Å². The molecule has 2 heterocycles. The number of hydrogen-bond acceptors (Lipinski definition) is 3. The first kappa shape index (κ1) is 14.3. The van der Waals surface area contributed by atoms with Gasteiger partial charge in [-0.3, -0.25) is 0 Å². The normalized spacial score (nSPS) is 31.3. The number of piperidine rings is 1. The van der Waals surface area contributed by atoms with Crippen molar-refractivity contribution >= 4 is 0 Å². The Morgan fingerprint density at radius 1 is 1.28 bits per heavy atom. The average molecular weight is 253 g/mol. The summed E-state index contributed by atoms with van der Waals surface area (Å²) in [4.78, 5) is 5.04. The van der Waals surface area contributed by atoms with E-state index in [1.54, 1.807) is 0 Å². The van der Waals surface area contributed by atoms with E-state index in [4.69, 9.17) is 0 Å². The molecule has 0 aromatic rings. The van der Waals surface area contributed by atoms with Gasteiger partial charge in [-0.25, -0.2) is 0 Å². The molecule has 2 saturated heterocycles. The first-order valence-electron chi connectivity index (χ1n) is 7.76. The summed E-state index contributed by atoms with van der Waals surface area (Å²) in [6.07, 6.45) is 6.80. The second kappa shape index (κ2) is 6.36. The summed E-state index contributed by atoms with van der Waals surface area (Å²) < 4.78 is 0. The molecule has 0 radical (unpaired) electrons. The highest BCUT2D eigenvalue weighted by atomic mass is 15.2. The van der Waals surface area contributed by atoms with Gasteiger partial charge in [0.15, 0.2) is 0 Å². The van der Waals surface area contributed by atoms with Gasteiger partial charge in [-0.1, -0.05) is 6.92 Å². The summed E-state index contributed by atoms with van der Waals surface area (Å²) in [7, 11) is 4.39. The van der Waals surface area contributed by atoms with E-state index in [9.17, 15) is 0 Å². The Labute approximate surface area is 113 Å². The molecule has 0 bridgehead atoms. The molecule has 3 heteroatoms. The zero-order valence-corrected chi connectivity index (χ0v) is 12.5. The second-order valence-corrected chi connectivity index (χ2v) is 6.65. The maximum absolute atomic E-state index is 3.76. The molecular weight excluding hydrogens is 222 g/mol. The first-order valence-corrected chi connectivity index (χ1v) is 7.76. The quantitative estimate of drug-likeness (QED) is 0.806. The van der Waals surface area contributed by atoms with Crippen LogP contribution in [0.25, 0.3) is 0 Å². The standard InChI is InChI=1S/C15H31N3/c1-4-15(8-5-9-16-15)13-18-10-6-14(7-11-18)12-17(2)3/h14,16H,4-13H2,1-3H3. The van der Waals surface area contributed by atoms with Crippen LogP contribution >= 0.6 is 0 Å². The summed E-state index contributed by atoms with van der Waals surface area (Å²) in [6.45, 7) is 8.73. The molecule has 2 rings (SSSR count). The lowest BCUT2D eigenvalue weighted by Crippen LogP contribution is -2.51. The van der Waals surface area contributed by atoms with Crippen LogP contribution in [0, 0.1) is 5.92 Å². The summed E-state index contributed by atoms with van der Waals surface area (Å²) in [5, 5.41) is 3.76. The molecule has 18 heavy (non-hydrogen) atoms. The van der Waals surface area contributed by atoms with Gasteiger partial charge in [-0.05, 0) is 71.8 Å². The van der Waals surface area contributed by atoms with Crippen molar-refractivity contribution in [2.24, 2.45) is 5.92 Å². The van der Waals surface area contributed by atoms with Crippen molar-refractivity contribution in [3.8, 4) is 0 Å².